The second kappa shape index (κ2) is 3.54. The maximum Gasteiger partial charge on any atom is 0.305 e. The molecule has 1 N–H and O–H groups in total. The van der Waals surface area contributed by atoms with Crippen LogP contribution in [0.15, 0.2) is 0 Å². The van der Waals surface area contributed by atoms with Crippen molar-refractivity contribution in [3.63, 3.8) is 0 Å². The summed E-state index contributed by atoms with van der Waals surface area (Å²) in [5.41, 5.74) is -0.0590. The van der Waals surface area contributed by atoms with Crippen molar-refractivity contribution < 1.29 is 9.53 Å². The second-order valence-corrected chi connectivity index (χ2v) is 5.27. The molecule has 0 aromatic carbocycles. The van der Waals surface area contributed by atoms with Crippen LogP contribution in [0.4, 0.5) is 0 Å². The molecule has 1 heterocycles. The minimum Gasteiger partial charge on any atom is -0.460 e. The van der Waals surface area contributed by atoms with Gasteiger partial charge in [-0.1, -0.05) is 6.92 Å². The molecule has 1 atom stereocenters. The molecule has 0 saturated carbocycles. The average Bonchev–Trinajstić information content (AvgIpc) is 2.19. The van der Waals surface area contributed by atoms with Gasteiger partial charge in [0, 0.05) is 18.4 Å². The molecule has 3 nitrogen and oxygen atoms in total. The van der Waals surface area contributed by atoms with Crippen molar-refractivity contribution in [1.82, 2.24) is 5.32 Å². The maximum atomic E-state index is 11.2. The standard InChI is InChI=1S/C11H21NO2/c1-6-9(13)14-8-7-10(2,3)12-11(8,4)5/h8,12H,6-7H2,1-5H3. The quantitative estimate of drug-likeness (QED) is 0.690. The van der Waals surface area contributed by atoms with Crippen molar-refractivity contribution in [1.29, 1.82) is 0 Å². The normalized spacial score (nSPS) is 28.8. The van der Waals surface area contributed by atoms with Gasteiger partial charge in [-0.2, -0.15) is 0 Å². The van der Waals surface area contributed by atoms with Crippen molar-refractivity contribution >= 4 is 5.97 Å². The van der Waals surface area contributed by atoms with Gasteiger partial charge < -0.3 is 10.1 Å². The molecule has 82 valence electrons. The van der Waals surface area contributed by atoms with Gasteiger partial charge in [0.25, 0.3) is 0 Å². The van der Waals surface area contributed by atoms with E-state index < -0.39 is 0 Å². The lowest BCUT2D eigenvalue weighted by atomic mass is 9.97. The second-order valence-electron chi connectivity index (χ2n) is 5.27. The van der Waals surface area contributed by atoms with E-state index in [2.05, 4.69) is 33.0 Å². The molecule has 14 heavy (non-hydrogen) atoms. The van der Waals surface area contributed by atoms with Crippen LogP contribution in [0.25, 0.3) is 0 Å². The van der Waals surface area contributed by atoms with Crippen LogP contribution >= 0.6 is 0 Å². The average molecular weight is 199 g/mol. The first-order valence-corrected chi connectivity index (χ1v) is 5.26. The number of nitrogens with one attached hydrogen (secondary N) is 1. The Bertz CT molecular complexity index is 233. The Morgan fingerprint density at radius 1 is 1.43 bits per heavy atom. The van der Waals surface area contributed by atoms with E-state index in [9.17, 15) is 4.79 Å². The Morgan fingerprint density at radius 3 is 2.36 bits per heavy atom. The zero-order valence-electron chi connectivity index (χ0n) is 9.81. The Morgan fingerprint density at radius 2 is 2.00 bits per heavy atom. The van der Waals surface area contributed by atoms with Crippen LogP contribution in [0.3, 0.4) is 0 Å². The van der Waals surface area contributed by atoms with Crippen LogP contribution in [-0.2, 0) is 9.53 Å². The molecular weight excluding hydrogens is 178 g/mol. The zero-order valence-corrected chi connectivity index (χ0v) is 9.81. The van der Waals surface area contributed by atoms with Gasteiger partial charge in [0.15, 0.2) is 0 Å². The Hall–Kier alpha value is -0.570. The summed E-state index contributed by atoms with van der Waals surface area (Å²) in [5, 5.41) is 3.47. The SMILES string of the molecule is CCC(=O)OC1CC(C)(C)NC1(C)C. The molecule has 0 aromatic heterocycles. The summed E-state index contributed by atoms with van der Waals surface area (Å²) in [6.07, 6.45) is 1.32. The van der Waals surface area contributed by atoms with Crippen LogP contribution in [0.5, 0.6) is 0 Å². The number of hydrogen-bond donors (Lipinski definition) is 1. The van der Waals surface area contributed by atoms with Crippen molar-refractivity contribution in [3.05, 3.63) is 0 Å². The fourth-order valence-corrected chi connectivity index (χ4v) is 2.15. The van der Waals surface area contributed by atoms with Crippen molar-refractivity contribution in [3.8, 4) is 0 Å². The summed E-state index contributed by atoms with van der Waals surface area (Å²) in [6.45, 7) is 10.2. The highest BCUT2D eigenvalue weighted by Gasteiger charge is 2.46. The highest BCUT2D eigenvalue weighted by Crippen LogP contribution is 2.32. The molecule has 0 amide bonds. The summed E-state index contributed by atoms with van der Waals surface area (Å²) in [7, 11) is 0. The lowest BCUT2D eigenvalue weighted by Crippen LogP contribution is -2.47. The summed E-state index contributed by atoms with van der Waals surface area (Å²) >= 11 is 0. The maximum absolute atomic E-state index is 11.2. The van der Waals surface area contributed by atoms with Crippen molar-refractivity contribution in [2.75, 3.05) is 0 Å². The number of esters is 1. The van der Waals surface area contributed by atoms with E-state index in [1.54, 1.807) is 0 Å². The van der Waals surface area contributed by atoms with Crippen LogP contribution in [0, 0.1) is 0 Å². The number of ether oxygens (including phenoxy) is 1. The van der Waals surface area contributed by atoms with E-state index >= 15 is 0 Å². The van der Waals surface area contributed by atoms with Crippen LogP contribution < -0.4 is 5.32 Å². The molecule has 3 heteroatoms. The molecule has 0 spiro atoms. The van der Waals surface area contributed by atoms with Gasteiger partial charge in [0.2, 0.25) is 0 Å². The predicted molar refractivity (Wildman–Crippen MR) is 56.1 cm³/mol. The topological polar surface area (TPSA) is 38.3 Å². The van der Waals surface area contributed by atoms with Crippen LogP contribution in [0.2, 0.25) is 0 Å². The number of rotatable bonds is 2. The monoisotopic (exact) mass is 199 g/mol. The minimum absolute atomic E-state index is 0.00931. The smallest absolute Gasteiger partial charge is 0.305 e. The van der Waals surface area contributed by atoms with E-state index in [1.807, 2.05) is 6.92 Å². The molecule has 0 aliphatic carbocycles. The molecule has 0 aromatic rings. The summed E-state index contributed by atoms with van der Waals surface area (Å²) in [5.74, 6) is -0.109. The van der Waals surface area contributed by atoms with Crippen LogP contribution in [0.1, 0.15) is 47.5 Å². The van der Waals surface area contributed by atoms with E-state index in [-0.39, 0.29) is 23.2 Å². The highest BCUT2D eigenvalue weighted by molar-refractivity contribution is 5.69. The third kappa shape index (κ3) is 2.47. The lowest BCUT2D eigenvalue weighted by Gasteiger charge is -2.27. The third-order valence-electron chi connectivity index (χ3n) is 2.72. The Balaban J connectivity index is 2.66. The highest BCUT2D eigenvalue weighted by atomic mass is 16.5. The van der Waals surface area contributed by atoms with E-state index in [4.69, 9.17) is 4.74 Å². The van der Waals surface area contributed by atoms with E-state index in [0.29, 0.717) is 6.42 Å². The van der Waals surface area contributed by atoms with Crippen LogP contribution in [-0.4, -0.2) is 23.2 Å². The van der Waals surface area contributed by atoms with Crippen molar-refractivity contribution in [2.45, 2.75) is 64.6 Å². The van der Waals surface area contributed by atoms with Crippen molar-refractivity contribution in [2.24, 2.45) is 0 Å². The predicted octanol–water partition coefficient (Wildman–Crippen LogP) is 1.86. The molecule has 1 rings (SSSR count). The van der Waals surface area contributed by atoms with Gasteiger partial charge >= 0.3 is 5.97 Å². The number of carbonyl (C=O) groups excluding carboxylic acids is 1. The Labute approximate surface area is 86.2 Å². The number of hydrogen-bond acceptors (Lipinski definition) is 3. The summed E-state index contributed by atoms with van der Waals surface area (Å²) in [4.78, 5) is 11.2. The van der Waals surface area contributed by atoms with E-state index in [1.165, 1.54) is 0 Å². The molecule has 1 aliphatic rings. The third-order valence-corrected chi connectivity index (χ3v) is 2.72. The fraction of sp³-hybridized carbons (Fsp3) is 0.909. The first kappa shape index (κ1) is 11.5. The first-order chi connectivity index (χ1) is 6.27. The van der Waals surface area contributed by atoms with E-state index in [0.717, 1.165) is 6.42 Å². The molecule has 1 saturated heterocycles. The molecule has 0 bridgehead atoms. The largest absolute Gasteiger partial charge is 0.460 e. The van der Waals surface area contributed by atoms with Gasteiger partial charge in [-0.25, -0.2) is 0 Å². The van der Waals surface area contributed by atoms with Gasteiger partial charge in [-0.15, -0.1) is 0 Å². The zero-order chi connectivity index (χ0) is 11.0. The van der Waals surface area contributed by atoms with Gasteiger partial charge in [-0.05, 0) is 27.7 Å². The molecule has 1 fully saturated rings. The lowest BCUT2D eigenvalue weighted by molar-refractivity contribution is -0.150. The van der Waals surface area contributed by atoms with Gasteiger partial charge in [-0.3, -0.25) is 4.79 Å². The number of carbonyl (C=O) groups is 1. The van der Waals surface area contributed by atoms with Gasteiger partial charge in [0.05, 0.1) is 5.54 Å². The fourth-order valence-electron chi connectivity index (χ4n) is 2.15. The molecule has 1 aliphatic heterocycles. The Kier molecular flexibility index (Phi) is 2.91. The summed E-state index contributed by atoms with van der Waals surface area (Å²) in [6, 6.07) is 0. The molecule has 0 radical (unpaired) electrons. The summed E-state index contributed by atoms with van der Waals surface area (Å²) < 4.78 is 5.41. The van der Waals surface area contributed by atoms with Gasteiger partial charge in [0.1, 0.15) is 6.10 Å². The molecular formula is C11H21NO2. The molecule has 1 unspecified atom stereocenters. The minimum atomic E-state index is -0.117. The first-order valence-electron chi connectivity index (χ1n) is 5.26.